The van der Waals surface area contributed by atoms with Crippen molar-refractivity contribution >= 4 is 40.7 Å². The van der Waals surface area contributed by atoms with Crippen LogP contribution in [-0.4, -0.2) is 19.6 Å². The number of halogens is 3. The minimum Gasteiger partial charge on any atom is -0.493 e. The molecule has 4 nitrogen and oxygen atoms in total. The van der Waals surface area contributed by atoms with Gasteiger partial charge in [0, 0.05) is 22.2 Å². The molecule has 0 saturated heterocycles. The van der Waals surface area contributed by atoms with Crippen molar-refractivity contribution in [2.24, 2.45) is 0 Å². The summed E-state index contributed by atoms with van der Waals surface area (Å²) in [5.74, 6) is 0.569. The topological polar surface area (TPSA) is 47.6 Å². The number of unbranched alkanes of at least 4 members (excludes halogenated alkanes) is 1. The van der Waals surface area contributed by atoms with Gasteiger partial charge in [0.1, 0.15) is 0 Å². The molecule has 7 heteroatoms. The molecule has 0 aliphatic heterocycles. The van der Waals surface area contributed by atoms with Crippen LogP contribution in [0.4, 0.5) is 0 Å². The van der Waals surface area contributed by atoms with Crippen LogP contribution < -0.4 is 14.8 Å². The van der Waals surface area contributed by atoms with Crippen LogP contribution in [0, 0.1) is 0 Å². The van der Waals surface area contributed by atoms with Crippen molar-refractivity contribution in [1.29, 1.82) is 0 Å². The summed E-state index contributed by atoms with van der Waals surface area (Å²) in [7, 11) is 1.51. The van der Waals surface area contributed by atoms with E-state index in [1.54, 1.807) is 30.3 Å². The van der Waals surface area contributed by atoms with Crippen LogP contribution in [0.15, 0.2) is 30.3 Å². The maximum absolute atomic E-state index is 12.5. The second-order valence-electron chi connectivity index (χ2n) is 5.61. The number of nitrogens with one attached hydrogen (secondary N) is 1. The van der Waals surface area contributed by atoms with E-state index in [1.807, 2.05) is 0 Å². The standard InChI is InChI=1S/C19H20Cl3NO3/c1-3-4-7-26-18-16(22)8-13(9-17(18)25-2)19(24)23-11-12-5-6-14(20)10-15(12)21/h5-6,8-10H,3-4,7,11H2,1-2H3,(H,23,24). The molecule has 0 heterocycles. The zero-order chi connectivity index (χ0) is 19.1. The van der Waals surface area contributed by atoms with Crippen molar-refractivity contribution in [3.8, 4) is 11.5 Å². The lowest BCUT2D eigenvalue weighted by Gasteiger charge is -2.14. The molecule has 140 valence electrons. The summed E-state index contributed by atoms with van der Waals surface area (Å²) in [5.41, 5.74) is 1.14. The van der Waals surface area contributed by atoms with E-state index in [9.17, 15) is 4.79 Å². The summed E-state index contributed by atoms with van der Waals surface area (Å²) < 4.78 is 11.0. The summed E-state index contributed by atoms with van der Waals surface area (Å²) in [6.45, 7) is 2.87. The Balaban J connectivity index is 2.11. The van der Waals surface area contributed by atoms with Crippen LogP contribution in [0.5, 0.6) is 11.5 Å². The number of amides is 1. The van der Waals surface area contributed by atoms with Crippen molar-refractivity contribution < 1.29 is 14.3 Å². The molecular weight excluding hydrogens is 397 g/mol. The lowest BCUT2D eigenvalue weighted by molar-refractivity contribution is 0.0950. The number of benzene rings is 2. The number of ether oxygens (including phenoxy) is 2. The predicted molar refractivity (Wildman–Crippen MR) is 106 cm³/mol. The van der Waals surface area contributed by atoms with Gasteiger partial charge in [-0.15, -0.1) is 0 Å². The summed E-state index contributed by atoms with van der Waals surface area (Å²) in [6, 6.07) is 8.28. The van der Waals surface area contributed by atoms with Gasteiger partial charge in [0.2, 0.25) is 0 Å². The monoisotopic (exact) mass is 415 g/mol. The van der Waals surface area contributed by atoms with Crippen LogP contribution in [-0.2, 0) is 6.54 Å². The van der Waals surface area contributed by atoms with Crippen LogP contribution >= 0.6 is 34.8 Å². The van der Waals surface area contributed by atoms with Crippen LogP contribution in [0.2, 0.25) is 15.1 Å². The highest BCUT2D eigenvalue weighted by molar-refractivity contribution is 6.35. The number of hydrogen-bond acceptors (Lipinski definition) is 3. The van der Waals surface area contributed by atoms with E-state index in [-0.39, 0.29) is 12.5 Å². The van der Waals surface area contributed by atoms with Gasteiger partial charge in [0.05, 0.1) is 18.7 Å². The van der Waals surface area contributed by atoms with E-state index in [2.05, 4.69) is 12.2 Å². The van der Waals surface area contributed by atoms with Crippen molar-refractivity contribution in [3.63, 3.8) is 0 Å². The van der Waals surface area contributed by atoms with E-state index < -0.39 is 0 Å². The Bertz CT molecular complexity index is 781. The van der Waals surface area contributed by atoms with E-state index in [1.165, 1.54) is 7.11 Å². The fourth-order valence-electron chi connectivity index (χ4n) is 2.25. The molecular formula is C19H20Cl3NO3. The fourth-order valence-corrected chi connectivity index (χ4v) is 2.99. The Morgan fingerprint density at radius 3 is 2.54 bits per heavy atom. The van der Waals surface area contributed by atoms with Gasteiger partial charge in [-0.1, -0.05) is 54.2 Å². The quantitative estimate of drug-likeness (QED) is 0.556. The van der Waals surface area contributed by atoms with Gasteiger partial charge >= 0.3 is 0 Å². The molecule has 0 aliphatic carbocycles. The molecule has 2 aromatic rings. The summed E-state index contributed by atoms with van der Waals surface area (Å²) >= 11 is 18.3. The molecule has 0 aromatic heterocycles. The highest BCUT2D eigenvalue weighted by Gasteiger charge is 2.16. The average Bonchev–Trinajstić information content (AvgIpc) is 2.61. The Labute approximate surface area is 168 Å². The lowest BCUT2D eigenvalue weighted by atomic mass is 10.1. The molecule has 0 fully saturated rings. The first-order valence-corrected chi connectivity index (χ1v) is 9.32. The first-order valence-electron chi connectivity index (χ1n) is 8.18. The van der Waals surface area contributed by atoms with E-state index in [4.69, 9.17) is 44.3 Å². The molecule has 0 radical (unpaired) electrons. The molecule has 0 spiro atoms. The van der Waals surface area contributed by atoms with Gasteiger partial charge < -0.3 is 14.8 Å². The Morgan fingerprint density at radius 1 is 1.12 bits per heavy atom. The second-order valence-corrected chi connectivity index (χ2v) is 6.86. The number of carbonyl (C=O) groups excluding carboxylic acids is 1. The minimum atomic E-state index is -0.295. The molecule has 1 amide bonds. The molecule has 0 unspecified atom stereocenters. The van der Waals surface area contributed by atoms with Crippen LogP contribution in [0.1, 0.15) is 35.7 Å². The minimum absolute atomic E-state index is 0.267. The molecule has 0 atom stereocenters. The SMILES string of the molecule is CCCCOc1c(Cl)cc(C(=O)NCc2ccc(Cl)cc2Cl)cc1OC. The van der Waals surface area contributed by atoms with Gasteiger partial charge in [-0.05, 0) is 36.2 Å². The van der Waals surface area contributed by atoms with E-state index >= 15 is 0 Å². The Kier molecular flexibility index (Phi) is 7.88. The van der Waals surface area contributed by atoms with Gasteiger partial charge in [-0.25, -0.2) is 0 Å². The number of rotatable bonds is 8. The first-order chi connectivity index (χ1) is 12.5. The smallest absolute Gasteiger partial charge is 0.251 e. The molecule has 0 bridgehead atoms. The number of carbonyl (C=O) groups is 1. The summed E-state index contributed by atoms with van der Waals surface area (Å²) in [5, 5.41) is 4.17. The average molecular weight is 417 g/mol. The zero-order valence-corrected chi connectivity index (χ0v) is 16.8. The highest BCUT2D eigenvalue weighted by atomic mass is 35.5. The summed E-state index contributed by atoms with van der Waals surface area (Å²) in [6.07, 6.45) is 1.91. The Morgan fingerprint density at radius 2 is 1.88 bits per heavy atom. The largest absolute Gasteiger partial charge is 0.493 e. The fraction of sp³-hybridized carbons (Fsp3) is 0.316. The van der Waals surface area contributed by atoms with Crippen LogP contribution in [0.3, 0.4) is 0 Å². The molecule has 0 aliphatic rings. The van der Waals surface area contributed by atoms with Gasteiger partial charge in [0.25, 0.3) is 5.91 Å². The number of hydrogen-bond donors (Lipinski definition) is 1. The van der Waals surface area contributed by atoms with Crippen molar-refractivity contribution in [1.82, 2.24) is 5.32 Å². The van der Waals surface area contributed by atoms with Crippen LogP contribution in [0.25, 0.3) is 0 Å². The van der Waals surface area contributed by atoms with E-state index in [0.717, 1.165) is 18.4 Å². The third kappa shape index (κ3) is 5.44. The van der Waals surface area contributed by atoms with E-state index in [0.29, 0.717) is 38.7 Å². The van der Waals surface area contributed by atoms with Gasteiger partial charge in [-0.3, -0.25) is 4.79 Å². The second kappa shape index (κ2) is 9.91. The van der Waals surface area contributed by atoms with Gasteiger partial charge in [-0.2, -0.15) is 0 Å². The maximum atomic E-state index is 12.5. The predicted octanol–water partition coefficient (Wildman–Crippen LogP) is 5.76. The third-order valence-corrected chi connectivity index (χ3v) is 4.56. The van der Waals surface area contributed by atoms with Crippen molar-refractivity contribution in [2.45, 2.75) is 26.3 Å². The normalized spacial score (nSPS) is 10.5. The third-order valence-electron chi connectivity index (χ3n) is 3.69. The van der Waals surface area contributed by atoms with Crippen molar-refractivity contribution in [2.75, 3.05) is 13.7 Å². The molecule has 0 saturated carbocycles. The first kappa shape index (κ1) is 20.7. The molecule has 1 N–H and O–H groups in total. The molecule has 2 aromatic carbocycles. The lowest BCUT2D eigenvalue weighted by Crippen LogP contribution is -2.23. The van der Waals surface area contributed by atoms with Crippen molar-refractivity contribution in [3.05, 3.63) is 56.5 Å². The number of methoxy groups -OCH3 is 1. The Hall–Kier alpha value is -1.62. The molecule has 2 rings (SSSR count). The maximum Gasteiger partial charge on any atom is 0.251 e. The summed E-state index contributed by atoms with van der Waals surface area (Å²) in [4.78, 5) is 12.5. The molecule has 26 heavy (non-hydrogen) atoms. The zero-order valence-electron chi connectivity index (χ0n) is 14.6. The highest BCUT2D eigenvalue weighted by Crippen LogP contribution is 2.36. The van der Waals surface area contributed by atoms with Gasteiger partial charge in [0.15, 0.2) is 11.5 Å².